The second-order valence-electron chi connectivity index (χ2n) is 7.54. The summed E-state index contributed by atoms with van der Waals surface area (Å²) in [6.45, 7) is 5.28. The molecule has 1 aliphatic carbocycles. The van der Waals surface area contributed by atoms with Crippen molar-refractivity contribution in [3.05, 3.63) is 29.3 Å². The second-order valence-corrected chi connectivity index (χ2v) is 7.54. The fourth-order valence-corrected chi connectivity index (χ4v) is 4.19. The van der Waals surface area contributed by atoms with Crippen LogP contribution in [0.4, 0.5) is 10.5 Å². The number of hydrogen-bond acceptors (Lipinski definition) is 2. The van der Waals surface area contributed by atoms with E-state index >= 15 is 0 Å². The van der Waals surface area contributed by atoms with Gasteiger partial charge in [-0.05, 0) is 55.7 Å². The van der Waals surface area contributed by atoms with Gasteiger partial charge in [0, 0.05) is 31.4 Å². The maximum Gasteiger partial charge on any atom is 0.315 e. The molecule has 4 heteroatoms. The van der Waals surface area contributed by atoms with Crippen LogP contribution in [-0.2, 0) is 12.8 Å². The molecule has 25 heavy (non-hydrogen) atoms. The molecule has 2 amide bonds. The molecule has 2 aliphatic rings. The van der Waals surface area contributed by atoms with Crippen molar-refractivity contribution in [1.29, 1.82) is 0 Å². The SMILES string of the molecule is CCCN1CCCc2cc(CCNC(=O)NC3CCCCC3)ccc21. The van der Waals surface area contributed by atoms with Crippen molar-refractivity contribution in [2.75, 3.05) is 24.5 Å². The van der Waals surface area contributed by atoms with Crippen molar-refractivity contribution in [2.24, 2.45) is 0 Å². The third-order valence-corrected chi connectivity index (χ3v) is 5.49. The van der Waals surface area contributed by atoms with E-state index < -0.39 is 0 Å². The maximum atomic E-state index is 12.0. The molecular weight excluding hydrogens is 310 g/mol. The molecule has 1 heterocycles. The molecule has 0 unspecified atom stereocenters. The summed E-state index contributed by atoms with van der Waals surface area (Å²) < 4.78 is 0. The average molecular weight is 344 g/mol. The lowest BCUT2D eigenvalue weighted by atomic mass is 9.96. The summed E-state index contributed by atoms with van der Waals surface area (Å²) in [5.74, 6) is 0. The lowest BCUT2D eigenvalue weighted by molar-refractivity contribution is 0.233. The van der Waals surface area contributed by atoms with Crippen LogP contribution < -0.4 is 15.5 Å². The Kier molecular flexibility index (Phi) is 6.60. The number of urea groups is 1. The van der Waals surface area contributed by atoms with Crippen LogP contribution in [0.5, 0.6) is 0 Å². The van der Waals surface area contributed by atoms with Crippen LogP contribution in [0.1, 0.15) is 63.0 Å². The number of nitrogens with zero attached hydrogens (tertiary/aromatic N) is 1. The lowest BCUT2D eigenvalue weighted by Gasteiger charge is -2.31. The van der Waals surface area contributed by atoms with Gasteiger partial charge in [-0.2, -0.15) is 0 Å². The number of anilines is 1. The van der Waals surface area contributed by atoms with Gasteiger partial charge >= 0.3 is 6.03 Å². The first-order chi connectivity index (χ1) is 12.3. The minimum atomic E-state index is -0.000944. The first-order valence-electron chi connectivity index (χ1n) is 10.2. The van der Waals surface area contributed by atoms with Crippen molar-refractivity contribution in [2.45, 2.75) is 70.8 Å². The van der Waals surface area contributed by atoms with E-state index in [4.69, 9.17) is 0 Å². The molecule has 3 rings (SSSR count). The highest BCUT2D eigenvalue weighted by Gasteiger charge is 2.17. The van der Waals surface area contributed by atoms with E-state index in [1.165, 1.54) is 61.9 Å². The van der Waals surface area contributed by atoms with E-state index in [1.54, 1.807) is 0 Å². The predicted octanol–water partition coefficient (Wildman–Crippen LogP) is 4.02. The van der Waals surface area contributed by atoms with E-state index in [9.17, 15) is 4.79 Å². The number of rotatable bonds is 6. The standard InChI is InChI=1S/C21H33N3O/c1-2-14-24-15-6-7-18-16-17(10-11-20(18)24)12-13-22-21(25)23-19-8-4-3-5-9-19/h10-11,16,19H,2-9,12-15H2,1H3,(H2,22,23,25). The molecule has 1 aliphatic heterocycles. The smallest absolute Gasteiger partial charge is 0.315 e. The predicted molar refractivity (Wildman–Crippen MR) is 104 cm³/mol. The Morgan fingerprint density at radius 1 is 1.20 bits per heavy atom. The van der Waals surface area contributed by atoms with Gasteiger partial charge in [-0.25, -0.2) is 4.79 Å². The molecule has 0 aromatic heterocycles. The molecule has 2 N–H and O–H groups in total. The lowest BCUT2D eigenvalue weighted by Crippen LogP contribution is -2.43. The van der Waals surface area contributed by atoms with Gasteiger partial charge in [0.25, 0.3) is 0 Å². The van der Waals surface area contributed by atoms with Gasteiger partial charge in [0.2, 0.25) is 0 Å². The van der Waals surface area contributed by atoms with E-state index in [2.05, 4.69) is 40.7 Å². The number of hydrogen-bond donors (Lipinski definition) is 2. The second kappa shape index (κ2) is 9.12. The van der Waals surface area contributed by atoms with E-state index in [1.807, 2.05) is 0 Å². The van der Waals surface area contributed by atoms with Gasteiger partial charge in [-0.3, -0.25) is 0 Å². The van der Waals surface area contributed by atoms with Crippen LogP contribution in [0, 0.1) is 0 Å². The summed E-state index contributed by atoms with van der Waals surface area (Å²) in [5, 5.41) is 6.15. The highest BCUT2D eigenvalue weighted by atomic mass is 16.2. The van der Waals surface area contributed by atoms with Gasteiger partial charge in [-0.15, -0.1) is 0 Å². The average Bonchev–Trinajstić information content (AvgIpc) is 2.63. The third-order valence-electron chi connectivity index (χ3n) is 5.49. The minimum absolute atomic E-state index is 0.000944. The Morgan fingerprint density at radius 3 is 2.84 bits per heavy atom. The van der Waals surface area contributed by atoms with Crippen molar-refractivity contribution < 1.29 is 4.79 Å². The first kappa shape index (κ1) is 18.1. The van der Waals surface area contributed by atoms with Gasteiger partial charge in [0.1, 0.15) is 0 Å². The molecule has 1 aromatic carbocycles. The molecule has 1 saturated carbocycles. The molecule has 0 radical (unpaired) electrons. The van der Waals surface area contributed by atoms with Gasteiger partial charge in [0.15, 0.2) is 0 Å². The fourth-order valence-electron chi connectivity index (χ4n) is 4.19. The Bertz CT molecular complexity index is 566. The van der Waals surface area contributed by atoms with Crippen LogP contribution in [0.15, 0.2) is 18.2 Å². The molecule has 1 aromatic rings. The summed E-state index contributed by atoms with van der Waals surface area (Å²) in [6.07, 6.45) is 10.6. The summed E-state index contributed by atoms with van der Waals surface area (Å²) >= 11 is 0. The molecule has 1 fully saturated rings. The van der Waals surface area contributed by atoms with Gasteiger partial charge in [-0.1, -0.05) is 38.3 Å². The number of fused-ring (bicyclic) bond motifs is 1. The topological polar surface area (TPSA) is 44.4 Å². The third kappa shape index (κ3) is 5.13. The zero-order chi connectivity index (χ0) is 17.5. The first-order valence-corrected chi connectivity index (χ1v) is 10.2. The number of carbonyl (C=O) groups is 1. The van der Waals surface area contributed by atoms with E-state index in [-0.39, 0.29) is 6.03 Å². The fraction of sp³-hybridized carbons (Fsp3) is 0.667. The number of nitrogens with one attached hydrogen (secondary N) is 2. The molecule has 0 bridgehead atoms. The number of carbonyl (C=O) groups excluding carboxylic acids is 1. The molecule has 138 valence electrons. The van der Waals surface area contributed by atoms with Crippen molar-refractivity contribution in [1.82, 2.24) is 10.6 Å². The van der Waals surface area contributed by atoms with Crippen LogP contribution in [-0.4, -0.2) is 31.7 Å². The summed E-state index contributed by atoms with van der Waals surface area (Å²) in [5.41, 5.74) is 4.22. The Balaban J connectivity index is 1.46. The minimum Gasteiger partial charge on any atom is -0.371 e. The van der Waals surface area contributed by atoms with E-state index in [0.717, 1.165) is 25.8 Å². The summed E-state index contributed by atoms with van der Waals surface area (Å²) in [4.78, 5) is 14.5. The quantitative estimate of drug-likeness (QED) is 0.819. The Hall–Kier alpha value is -1.71. The zero-order valence-corrected chi connectivity index (χ0v) is 15.7. The van der Waals surface area contributed by atoms with Crippen molar-refractivity contribution in [3.63, 3.8) is 0 Å². The highest BCUT2D eigenvalue weighted by molar-refractivity contribution is 5.74. The monoisotopic (exact) mass is 343 g/mol. The molecule has 4 nitrogen and oxygen atoms in total. The largest absolute Gasteiger partial charge is 0.371 e. The van der Waals surface area contributed by atoms with Crippen molar-refractivity contribution >= 4 is 11.7 Å². The molecule has 0 saturated heterocycles. The molecule has 0 spiro atoms. The van der Waals surface area contributed by atoms with Crippen LogP contribution in [0.2, 0.25) is 0 Å². The van der Waals surface area contributed by atoms with E-state index in [0.29, 0.717) is 12.6 Å². The van der Waals surface area contributed by atoms with Gasteiger partial charge < -0.3 is 15.5 Å². The molecular formula is C21H33N3O. The number of benzene rings is 1. The van der Waals surface area contributed by atoms with Gasteiger partial charge in [0.05, 0.1) is 0 Å². The highest BCUT2D eigenvalue weighted by Crippen LogP contribution is 2.28. The summed E-state index contributed by atoms with van der Waals surface area (Å²) in [6, 6.07) is 7.23. The summed E-state index contributed by atoms with van der Waals surface area (Å²) in [7, 11) is 0. The van der Waals surface area contributed by atoms with Crippen LogP contribution in [0.3, 0.4) is 0 Å². The zero-order valence-electron chi connectivity index (χ0n) is 15.7. The van der Waals surface area contributed by atoms with Crippen LogP contribution in [0.25, 0.3) is 0 Å². The normalized spacial score (nSPS) is 17.9. The number of aryl methyl sites for hydroxylation is 1. The Labute approximate surface area is 152 Å². The van der Waals surface area contributed by atoms with Crippen LogP contribution >= 0.6 is 0 Å². The maximum absolute atomic E-state index is 12.0. The van der Waals surface area contributed by atoms with Crippen molar-refractivity contribution in [3.8, 4) is 0 Å². The Morgan fingerprint density at radius 2 is 2.04 bits per heavy atom. The number of amides is 2. The molecule has 0 atom stereocenters.